The van der Waals surface area contributed by atoms with Gasteiger partial charge in [-0.25, -0.2) is 0 Å². The van der Waals surface area contributed by atoms with Gasteiger partial charge in [-0.2, -0.15) is 0 Å². The van der Waals surface area contributed by atoms with Gasteiger partial charge in [-0.3, -0.25) is 0 Å². The molecule has 1 N–H and O–H groups in total. The first-order valence-corrected chi connectivity index (χ1v) is 8.21. The van der Waals surface area contributed by atoms with Gasteiger partial charge in [0.25, 0.3) is 0 Å². The van der Waals surface area contributed by atoms with Gasteiger partial charge in [-0.15, -0.1) is 0 Å². The molecule has 0 fully saturated rings. The number of hydrogen-bond acceptors (Lipinski definition) is 3. The van der Waals surface area contributed by atoms with E-state index in [4.69, 9.17) is 9.47 Å². The first-order chi connectivity index (χ1) is 12.3. The Kier molecular flexibility index (Phi) is 4.23. The standard InChI is InChI=1S/C22H18O3/c23-20(12-6-16-7-13-21-22(14-16)25-15-24-21)19-10-8-18(9-11-19)17-4-2-1-3-5-17/h1-14,20,23H,15H2/b12-6+. The van der Waals surface area contributed by atoms with E-state index < -0.39 is 6.10 Å². The highest BCUT2D eigenvalue weighted by atomic mass is 16.7. The summed E-state index contributed by atoms with van der Waals surface area (Å²) in [6.45, 7) is 0.263. The van der Waals surface area contributed by atoms with Crippen LogP contribution in [0, 0.1) is 0 Å². The predicted octanol–water partition coefficient (Wildman–Crippen LogP) is 4.83. The second-order valence-electron chi connectivity index (χ2n) is 5.90. The second-order valence-corrected chi connectivity index (χ2v) is 5.90. The van der Waals surface area contributed by atoms with Crippen molar-refractivity contribution in [2.24, 2.45) is 0 Å². The molecule has 124 valence electrons. The fourth-order valence-electron chi connectivity index (χ4n) is 2.83. The highest BCUT2D eigenvalue weighted by Crippen LogP contribution is 2.33. The molecule has 0 spiro atoms. The molecule has 0 saturated carbocycles. The van der Waals surface area contributed by atoms with Gasteiger partial charge in [0.2, 0.25) is 6.79 Å². The zero-order valence-corrected chi connectivity index (χ0v) is 13.6. The summed E-state index contributed by atoms with van der Waals surface area (Å²) in [5.41, 5.74) is 4.12. The number of hydrogen-bond donors (Lipinski definition) is 1. The van der Waals surface area contributed by atoms with Crippen LogP contribution in [0.15, 0.2) is 78.9 Å². The predicted molar refractivity (Wildman–Crippen MR) is 98.4 cm³/mol. The summed E-state index contributed by atoms with van der Waals surface area (Å²) in [5.74, 6) is 1.50. The van der Waals surface area contributed by atoms with Gasteiger partial charge in [0.05, 0.1) is 6.10 Å². The molecule has 0 amide bonds. The van der Waals surface area contributed by atoms with Crippen molar-refractivity contribution < 1.29 is 14.6 Å². The summed E-state index contributed by atoms with van der Waals surface area (Å²) in [6.07, 6.45) is 3.00. The molecule has 0 bridgehead atoms. The lowest BCUT2D eigenvalue weighted by molar-refractivity contribution is 0.174. The molecule has 0 aliphatic carbocycles. The van der Waals surface area contributed by atoms with Crippen LogP contribution < -0.4 is 9.47 Å². The average Bonchev–Trinajstić information content (AvgIpc) is 3.15. The first-order valence-electron chi connectivity index (χ1n) is 8.21. The Bertz CT molecular complexity index is 883. The molecule has 4 rings (SSSR count). The van der Waals surface area contributed by atoms with E-state index in [1.54, 1.807) is 6.08 Å². The van der Waals surface area contributed by atoms with Crippen LogP contribution in [0.4, 0.5) is 0 Å². The Morgan fingerprint density at radius 1 is 0.800 bits per heavy atom. The summed E-state index contributed by atoms with van der Waals surface area (Å²) >= 11 is 0. The van der Waals surface area contributed by atoms with Crippen molar-refractivity contribution in [1.82, 2.24) is 0 Å². The van der Waals surface area contributed by atoms with Crippen molar-refractivity contribution in [3.05, 3.63) is 90.0 Å². The SMILES string of the molecule is OC(/C=C/c1ccc2c(c1)OCO2)c1ccc(-c2ccccc2)cc1. The third-order valence-corrected chi connectivity index (χ3v) is 4.23. The third-order valence-electron chi connectivity index (χ3n) is 4.23. The number of aliphatic hydroxyl groups is 1. The average molecular weight is 330 g/mol. The van der Waals surface area contributed by atoms with Gasteiger partial charge in [0.15, 0.2) is 11.5 Å². The van der Waals surface area contributed by atoms with E-state index in [0.29, 0.717) is 0 Å². The lowest BCUT2D eigenvalue weighted by Gasteiger charge is -2.08. The van der Waals surface area contributed by atoms with Crippen molar-refractivity contribution in [3.63, 3.8) is 0 Å². The number of rotatable bonds is 4. The van der Waals surface area contributed by atoms with E-state index in [9.17, 15) is 5.11 Å². The van der Waals surface area contributed by atoms with Crippen molar-refractivity contribution in [1.29, 1.82) is 0 Å². The summed E-state index contributed by atoms with van der Waals surface area (Å²) in [5, 5.41) is 10.4. The van der Waals surface area contributed by atoms with Gasteiger partial charge in [0.1, 0.15) is 0 Å². The van der Waals surface area contributed by atoms with E-state index in [0.717, 1.165) is 28.2 Å². The number of aliphatic hydroxyl groups excluding tert-OH is 1. The molecule has 25 heavy (non-hydrogen) atoms. The Hall–Kier alpha value is -3.04. The monoisotopic (exact) mass is 330 g/mol. The number of ether oxygens (including phenoxy) is 2. The van der Waals surface area contributed by atoms with Crippen LogP contribution in [0.3, 0.4) is 0 Å². The summed E-state index contributed by atoms with van der Waals surface area (Å²) in [7, 11) is 0. The van der Waals surface area contributed by atoms with E-state index >= 15 is 0 Å². The zero-order chi connectivity index (χ0) is 17.1. The largest absolute Gasteiger partial charge is 0.454 e. The Balaban J connectivity index is 1.48. The van der Waals surface area contributed by atoms with Crippen molar-refractivity contribution in [2.45, 2.75) is 6.10 Å². The lowest BCUT2D eigenvalue weighted by Crippen LogP contribution is -1.93. The molecular weight excluding hydrogens is 312 g/mol. The van der Waals surface area contributed by atoms with Crippen LogP contribution in [0.2, 0.25) is 0 Å². The van der Waals surface area contributed by atoms with Gasteiger partial charge in [-0.05, 0) is 34.4 Å². The van der Waals surface area contributed by atoms with E-state index in [2.05, 4.69) is 12.1 Å². The minimum atomic E-state index is -0.657. The summed E-state index contributed by atoms with van der Waals surface area (Å²) in [4.78, 5) is 0. The molecule has 0 aromatic heterocycles. The Labute approximate surface area is 146 Å². The first kappa shape index (κ1) is 15.5. The zero-order valence-electron chi connectivity index (χ0n) is 13.6. The van der Waals surface area contributed by atoms with E-state index in [1.807, 2.05) is 66.7 Å². The smallest absolute Gasteiger partial charge is 0.231 e. The molecular formula is C22H18O3. The highest BCUT2D eigenvalue weighted by molar-refractivity contribution is 5.64. The molecule has 0 saturated heterocycles. The van der Waals surface area contributed by atoms with Gasteiger partial charge >= 0.3 is 0 Å². The van der Waals surface area contributed by atoms with E-state index in [-0.39, 0.29) is 6.79 Å². The number of fused-ring (bicyclic) bond motifs is 1. The molecule has 1 atom stereocenters. The van der Waals surface area contributed by atoms with Crippen LogP contribution in [0.5, 0.6) is 11.5 Å². The van der Waals surface area contributed by atoms with Crippen LogP contribution in [-0.2, 0) is 0 Å². The third kappa shape index (κ3) is 3.42. The molecule has 1 aliphatic heterocycles. The Morgan fingerprint density at radius 2 is 1.52 bits per heavy atom. The van der Waals surface area contributed by atoms with Crippen molar-refractivity contribution >= 4 is 6.08 Å². The van der Waals surface area contributed by atoms with Crippen LogP contribution in [0.25, 0.3) is 17.2 Å². The minimum absolute atomic E-state index is 0.263. The Morgan fingerprint density at radius 3 is 2.32 bits per heavy atom. The van der Waals surface area contributed by atoms with Crippen molar-refractivity contribution in [2.75, 3.05) is 6.79 Å². The molecule has 3 heteroatoms. The molecule has 3 aromatic carbocycles. The van der Waals surface area contributed by atoms with Gasteiger partial charge < -0.3 is 14.6 Å². The molecule has 3 nitrogen and oxygen atoms in total. The second kappa shape index (κ2) is 6.83. The topological polar surface area (TPSA) is 38.7 Å². The maximum absolute atomic E-state index is 10.4. The normalized spacial score (nSPS) is 14.0. The molecule has 1 heterocycles. The fraction of sp³-hybridized carbons (Fsp3) is 0.0909. The highest BCUT2D eigenvalue weighted by Gasteiger charge is 2.12. The lowest BCUT2D eigenvalue weighted by atomic mass is 10.0. The maximum Gasteiger partial charge on any atom is 0.231 e. The van der Waals surface area contributed by atoms with Gasteiger partial charge in [0, 0.05) is 0 Å². The summed E-state index contributed by atoms with van der Waals surface area (Å²) < 4.78 is 10.7. The van der Waals surface area contributed by atoms with Crippen molar-refractivity contribution in [3.8, 4) is 22.6 Å². The van der Waals surface area contributed by atoms with E-state index in [1.165, 1.54) is 5.56 Å². The van der Waals surface area contributed by atoms with Crippen LogP contribution in [-0.4, -0.2) is 11.9 Å². The maximum atomic E-state index is 10.4. The minimum Gasteiger partial charge on any atom is -0.454 e. The molecule has 1 aliphatic rings. The molecule has 0 radical (unpaired) electrons. The van der Waals surface area contributed by atoms with Crippen LogP contribution >= 0.6 is 0 Å². The quantitative estimate of drug-likeness (QED) is 0.745. The molecule has 3 aromatic rings. The number of benzene rings is 3. The molecule has 1 unspecified atom stereocenters. The fourth-order valence-corrected chi connectivity index (χ4v) is 2.83. The summed E-state index contributed by atoms with van der Waals surface area (Å²) in [6, 6.07) is 23.9. The van der Waals surface area contributed by atoms with Gasteiger partial charge in [-0.1, -0.05) is 72.8 Å². The van der Waals surface area contributed by atoms with Crippen LogP contribution in [0.1, 0.15) is 17.2 Å².